The van der Waals surface area contributed by atoms with Gasteiger partial charge in [0.05, 0.1) is 22.1 Å². The minimum absolute atomic E-state index is 0.0517. The molecule has 8 aromatic carbocycles. The highest BCUT2D eigenvalue weighted by Gasteiger charge is 2.17. The van der Waals surface area contributed by atoms with E-state index in [0.29, 0.717) is 11.1 Å². The highest BCUT2D eigenvalue weighted by molar-refractivity contribution is 6.13. The summed E-state index contributed by atoms with van der Waals surface area (Å²) in [6.45, 7) is 0. The molecule has 0 aliphatic rings. The van der Waals surface area contributed by atoms with Gasteiger partial charge in [0.1, 0.15) is 0 Å². The maximum Gasteiger partial charge on any atom is 0.221 e. The standard InChI is InChI=1S/C48H32N4O/c49-47(53-48(50)36-19-18-31-10-4-5-11-33(31)28-36)32-20-24-38(25-21-32)52-44-17-9-7-15-40(44)42-30-35(23-27-46(42)52)34-22-26-45-41(29-34)39-14-6-8-16-43(39)51(45)37-12-2-1-3-13-37/h1-30,49-50H. The van der Waals surface area contributed by atoms with Gasteiger partial charge in [-0.25, -0.2) is 0 Å². The van der Waals surface area contributed by atoms with Crippen molar-refractivity contribution >= 4 is 66.2 Å². The molecule has 0 saturated carbocycles. The van der Waals surface area contributed by atoms with Gasteiger partial charge in [0.25, 0.3) is 0 Å². The van der Waals surface area contributed by atoms with Crippen molar-refractivity contribution < 1.29 is 4.74 Å². The van der Waals surface area contributed by atoms with E-state index in [1.165, 1.54) is 38.1 Å². The van der Waals surface area contributed by atoms with E-state index in [9.17, 15) is 0 Å². The van der Waals surface area contributed by atoms with Crippen LogP contribution in [0.15, 0.2) is 182 Å². The Morgan fingerprint density at radius 2 is 0.830 bits per heavy atom. The largest absolute Gasteiger partial charge is 0.421 e. The van der Waals surface area contributed by atoms with E-state index in [4.69, 9.17) is 15.6 Å². The molecule has 0 radical (unpaired) electrons. The average Bonchev–Trinajstić information content (AvgIpc) is 3.73. The summed E-state index contributed by atoms with van der Waals surface area (Å²) in [4.78, 5) is 0. The molecule has 0 amide bonds. The summed E-state index contributed by atoms with van der Waals surface area (Å²) in [5.41, 5.74) is 10.3. The fourth-order valence-corrected chi connectivity index (χ4v) is 7.75. The molecule has 2 aromatic heterocycles. The zero-order valence-corrected chi connectivity index (χ0v) is 28.6. The summed E-state index contributed by atoms with van der Waals surface area (Å²) in [5.74, 6) is -0.116. The molecule has 0 spiro atoms. The Morgan fingerprint density at radius 3 is 1.45 bits per heavy atom. The SMILES string of the molecule is N=C(OC(=N)c1ccc2ccccc2c1)c1ccc(-n2c3ccccc3c3cc(-c4ccc5c(c4)c4ccccc4n5-c4ccccc4)ccc32)cc1. The second-order valence-electron chi connectivity index (χ2n) is 13.4. The van der Waals surface area contributed by atoms with E-state index < -0.39 is 0 Å². The number of benzene rings is 8. The number of rotatable bonds is 5. The third-order valence-corrected chi connectivity index (χ3v) is 10.3. The van der Waals surface area contributed by atoms with Crippen LogP contribution in [0.2, 0.25) is 0 Å². The molecule has 0 atom stereocenters. The van der Waals surface area contributed by atoms with Crippen LogP contribution < -0.4 is 0 Å². The molecule has 250 valence electrons. The molecule has 2 N–H and O–H groups in total. The van der Waals surface area contributed by atoms with Crippen LogP contribution in [0.1, 0.15) is 11.1 Å². The highest BCUT2D eigenvalue weighted by Crippen LogP contribution is 2.38. The minimum Gasteiger partial charge on any atom is -0.421 e. The predicted molar refractivity (Wildman–Crippen MR) is 219 cm³/mol. The number of nitrogens with zero attached hydrogens (tertiary/aromatic N) is 2. The third kappa shape index (κ3) is 5.09. The molecule has 0 unspecified atom stereocenters. The summed E-state index contributed by atoms with van der Waals surface area (Å²) >= 11 is 0. The molecule has 10 rings (SSSR count). The Bertz CT molecular complexity index is 3060. The average molecular weight is 681 g/mol. The Labute approximate surface area is 305 Å². The van der Waals surface area contributed by atoms with E-state index in [2.05, 4.69) is 124 Å². The number of para-hydroxylation sites is 3. The lowest BCUT2D eigenvalue weighted by Gasteiger charge is -2.12. The molecule has 53 heavy (non-hydrogen) atoms. The number of ether oxygens (including phenoxy) is 1. The zero-order chi connectivity index (χ0) is 35.5. The second kappa shape index (κ2) is 12.2. The molecule has 0 fully saturated rings. The van der Waals surface area contributed by atoms with Crippen molar-refractivity contribution in [2.24, 2.45) is 0 Å². The Morgan fingerprint density at radius 1 is 0.358 bits per heavy atom. The fourth-order valence-electron chi connectivity index (χ4n) is 7.75. The molecule has 0 saturated heterocycles. The molecular formula is C48H32N4O. The van der Waals surface area contributed by atoms with Gasteiger partial charge in [-0.3, -0.25) is 10.8 Å². The summed E-state index contributed by atoms with van der Waals surface area (Å²) in [5, 5.41) is 24.1. The van der Waals surface area contributed by atoms with Crippen molar-refractivity contribution in [2.45, 2.75) is 0 Å². The van der Waals surface area contributed by atoms with Crippen LogP contribution >= 0.6 is 0 Å². The summed E-state index contributed by atoms with van der Waals surface area (Å²) < 4.78 is 10.4. The lowest BCUT2D eigenvalue weighted by molar-refractivity contribution is 0.538. The van der Waals surface area contributed by atoms with Crippen molar-refractivity contribution in [1.82, 2.24) is 9.13 Å². The summed E-state index contributed by atoms with van der Waals surface area (Å²) in [7, 11) is 0. The number of fused-ring (bicyclic) bond motifs is 7. The normalized spacial score (nSPS) is 11.5. The first-order valence-corrected chi connectivity index (χ1v) is 17.7. The highest BCUT2D eigenvalue weighted by atomic mass is 16.5. The molecule has 0 bridgehead atoms. The number of nitrogens with one attached hydrogen (secondary N) is 2. The first-order valence-electron chi connectivity index (χ1n) is 17.7. The zero-order valence-electron chi connectivity index (χ0n) is 28.6. The molecular weight excluding hydrogens is 649 g/mol. The third-order valence-electron chi connectivity index (χ3n) is 10.3. The second-order valence-corrected chi connectivity index (χ2v) is 13.4. The quantitative estimate of drug-likeness (QED) is 0.138. The monoisotopic (exact) mass is 680 g/mol. The van der Waals surface area contributed by atoms with Crippen molar-refractivity contribution in [3.05, 3.63) is 193 Å². The van der Waals surface area contributed by atoms with E-state index in [-0.39, 0.29) is 11.8 Å². The number of hydrogen-bond donors (Lipinski definition) is 2. The van der Waals surface area contributed by atoms with Crippen LogP contribution in [0.25, 0.3) is 76.9 Å². The van der Waals surface area contributed by atoms with Crippen LogP contribution in [-0.2, 0) is 4.74 Å². The topological polar surface area (TPSA) is 66.8 Å². The van der Waals surface area contributed by atoms with Gasteiger partial charge in [0.15, 0.2) is 0 Å². The summed E-state index contributed by atoms with van der Waals surface area (Å²) in [6.07, 6.45) is 0. The van der Waals surface area contributed by atoms with Gasteiger partial charge in [0, 0.05) is 44.0 Å². The van der Waals surface area contributed by atoms with E-state index in [1.54, 1.807) is 0 Å². The van der Waals surface area contributed by atoms with Crippen LogP contribution in [0.4, 0.5) is 0 Å². The van der Waals surface area contributed by atoms with Crippen LogP contribution in [0, 0.1) is 10.8 Å². The van der Waals surface area contributed by atoms with Crippen LogP contribution in [-0.4, -0.2) is 20.9 Å². The molecule has 0 aliphatic carbocycles. The number of hydrogen-bond acceptors (Lipinski definition) is 3. The van der Waals surface area contributed by atoms with Crippen molar-refractivity contribution in [3.63, 3.8) is 0 Å². The van der Waals surface area contributed by atoms with Crippen molar-refractivity contribution in [3.8, 4) is 22.5 Å². The van der Waals surface area contributed by atoms with Crippen LogP contribution in [0.5, 0.6) is 0 Å². The van der Waals surface area contributed by atoms with E-state index >= 15 is 0 Å². The summed E-state index contributed by atoms with van der Waals surface area (Å²) in [6, 6.07) is 62.8. The molecule has 5 nitrogen and oxygen atoms in total. The molecule has 2 heterocycles. The molecule has 10 aromatic rings. The van der Waals surface area contributed by atoms with Crippen molar-refractivity contribution in [1.29, 1.82) is 10.8 Å². The maximum absolute atomic E-state index is 8.65. The maximum atomic E-state index is 8.65. The lowest BCUT2D eigenvalue weighted by Crippen LogP contribution is -2.13. The Hall–Kier alpha value is -7.24. The van der Waals surface area contributed by atoms with Gasteiger partial charge < -0.3 is 13.9 Å². The van der Waals surface area contributed by atoms with E-state index in [1.807, 2.05) is 66.7 Å². The fraction of sp³-hybridized carbons (Fsp3) is 0. The predicted octanol–water partition coefficient (Wildman–Crippen LogP) is 12.1. The van der Waals surface area contributed by atoms with Gasteiger partial charge in [-0.05, 0) is 107 Å². The van der Waals surface area contributed by atoms with Crippen molar-refractivity contribution in [2.75, 3.05) is 0 Å². The van der Waals surface area contributed by atoms with Crippen LogP contribution in [0.3, 0.4) is 0 Å². The number of aromatic nitrogens is 2. The first-order chi connectivity index (χ1) is 26.1. The van der Waals surface area contributed by atoms with E-state index in [0.717, 1.165) is 38.7 Å². The first kappa shape index (κ1) is 30.6. The Kier molecular flexibility index (Phi) is 7.05. The minimum atomic E-state index is -0.0644. The molecule has 5 heteroatoms. The molecule has 0 aliphatic heterocycles. The van der Waals surface area contributed by atoms with Gasteiger partial charge in [-0.2, -0.15) is 0 Å². The van der Waals surface area contributed by atoms with Gasteiger partial charge in [-0.15, -0.1) is 0 Å². The van der Waals surface area contributed by atoms with Gasteiger partial charge in [0.2, 0.25) is 11.8 Å². The lowest BCUT2D eigenvalue weighted by atomic mass is 10.0. The van der Waals surface area contributed by atoms with Gasteiger partial charge >= 0.3 is 0 Å². The smallest absolute Gasteiger partial charge is 0.221 e. The Balaban J connectivity index is 0.997. The van der Waals surface area contributed by atoms with Gasteiger partial charge in [-0.1, -0.05) is 97.1 Å².